The molecule has 0 radical (unpaired) electrons. The van der Waals surface area contributed by atoms with E-state index in [0.717, 1.165) is 4.47 Å². The van der Waals surface area contributed by atoms with Gasteiger partial charge in [0, 0.05) is 9.86 Å². The number of carbonyl (C=O) groups is 1. The number of carboxylic acid groups (broad SMARTS) is 1. The van der Waals surface area contributed by atoms with Gasteiger partial charge in [0.1, 0.15) is 5.82 Å². The van der Waals surface area contributed by atoms with Crippen molar-refractivity contribution in [3.8, 4) is 5.69 Å². The molecule has 1 heterocycles. The molecule has 3 aromatic rings. The van der Waals surface area contributed by atoms with Crippen LogP contribution in [0.2, 0.25) is 0 Å². The molecule has 0 spiro atoms. The number of aromatic carboxylic acids is 1. The van der Waals surface area contributed by atoms with Crippen LogP contribution >= 0.6 is 15.9 Å². The lowest BCUT2D eigenvalue weighted by atomic mass is 10.2. The highest BCUT2D eigenvalue weighted by Crippen LogP contribution is 2.24. The zero-order valence-corrected chi connectivity index (χ0v) is 11.6. The maximum absolute atomic E-state index is 13.3. The molecular weight excluding hydrogens is 327 g/mol. The first-order chi connectivity index (χ1) is 9.56. The summed E-state index contributed by atoms with van der Waals surface area (Å²) >= 11 is 3.35. The molecule has 100 valence electrons. The molecule has 6 heteroatoms. The van der Waals surface area contributed by atoms with Crippen LogP contribution in [-0.4, -0.2) is 20.9 Å². The predicted octanol–water partition coefficient (Wildman–Crippen LogP) is 3.63. The van der Waals surface area contributed by atoms with Crippen molar-refractivity contribution in [1.82, 2.24) is 9.78 Å². The second-order valence-corrected chi connectivity index (χ2v) is 5.12. The molecule has 2 aromatic carbocycles. The number of nitrogens with zero attached hydrogens (tertiary/aromatic N) is 2. The number of benzene rings is 2. The van der Waals surface area contributed by atoms with Crippen LogP contribution in [0.4, 0.5) is 4.39 Å². The van der Waals surface area contributed by atoms with Crippen LogP contribution < -0.4 is 0 Å². The lowest BCUT2D eigenvalue weighted by Crippen LogP contribution is -2.01. The van der Waals surface area contributed by atoms with E-state index in [4.69, 9.17) is 0 Å². The number of fused-ring (bicyclic) bond motifs is 1. The summed E-state index contributed by atoms with van der Waals surface area (Å²) < 4.78 is 15.7. The number of carboxylic acids is 1. The first-order valence-electron chi connectivity index (χ1n) is 5.74. The summed E-state index contributed by atoms with van der Waals surface area (Å²) in [5.41, 5.74) is 1.07. The van der Waals surface area contributed by atoms with Crippen LogP contribution in [0.5, 0.6) is 0 Å². The van der Waals surface area contributed by atoms with Crippen LogP contribution in [-0.2, 0) is 0 Å². The summed E-state index contributed by atoms with van der Waals surface area (Å²) in [6, 6.07) is 11.3. The Labute approximate surface area is 121 Å². The summed E-state index contributed by atoms with van der Waals surface area (Å²) in [7, 11) is 0. The molecule has 1 aromatic heterocycles. The van der Waals surface area contributed by atoms with Gasteiger partial charge in [0.2, 0.25) is 0 Å². The third-order valence-electron chi connectivity index (χ3n) is 2.90. The second-order valence-electron chi connectivity index (χ2n) is 4.21. The first kappa shape index (κ1) is 12.8. The standard InChI is InChI=1S/C14H8BrFN2O2/c15-8-2-1-3-10(6-8)18-12-5-4-9(16)7-11(12)13(17-18)14(19)20/h1-7H,(H,19,20). The Morgan fingerprint density at radius 3 is 2.75 bits per heavy atom. The Morgan fingerprint density at radius 2 is 2.05 bits per heavy atom. The lowest BCUT2D eigenvalue weighted by Gasteiger charge is -2.03. The van der Waals surface area contributed by atoms with Gasteiger partial charge in [-0.3, -0.25) is 0 Å². The highest BCUT2D eigenvalue weighted by molar-refractivity contribution is 9.10. The monoisotopic (exact) mass is 334 g/mol. The zero-order chi connectivity index (χ0) is 14.3. The third kappa shape index (κ3) is 2.08. The van der Waals surface area contributed by atoms with Crippen molar-refractivity contribution < 1.29 is 14.3 Å². The fourth-order valence-corrected chi connectivity index (χ4v) is 2.44. The van der Waals surface area contributed by atoms with Crippen molar-refractivity contribution in [2.24, 2.45) is 0 Å². The van der Waals surface area contributed by atoms with Crippen molar-refractivity contribution >= 4 is 32.8 Å². The van der Waals surface area contributed by atoms with Crippen molar-refractivity contribution in [1.29, 1.82) is 0 Å². The minimum atomic E-state index is -1.19. The quantitative estimate of drug-likeness (QED) is 0.778. The van der Waals surface area contributed by atoms with Crippen LogP contribution in [0, 0.1) is 5.82 Å². The van der Waals surface area contributed by atoms with E-state index in [0.29, 0.717) is 11.2 Å². The fourth-order valence-electron chi connectivity index (χ4n) is 2.05. The van der Waals surface area contributed by atoms with E-state index in [1.54, 1.807) is 12.1 Å². The molecule has 0 bridgehead atoms. The highest BCUT2D eigenvalue weighted by Gasteiger charge is 2.17. The Hall–Kier alpha value is -2.21. The van der Waals surface area contributed by atoms with Crippen LogP contribution in [0.1, 0.15) is 10.5 Å². The van der Waals surface area contributed by atoms with Crippen LogP contribution in [0.25, 0.3) is 16.6 Å². The predicted molar refractivity (Wildman–Crippen MR) is 75.7 cm³/mol. The van der Waals surface area contributed by atoms with E-state index >= 15 is 0 Å². The molecule has 0 saturated carbocycles. The van der Waals surface area contributed by atoms with Gasteiger partial charge in [0.25, 0.3) is 0 Å². The van der Waals surface area contributed by atoms with E-state index in [2.05, 4.69) is 21.0 Å². The normalized spacial score (nSPS) is 10.9. The Bertz CT molecular complexity index is 829. The van der Waals surface area contributed by atoms with Gasteiger partial charge in [-0.15, -0.1) is 0 Å². The average Bonchev–Trinajstić information content (AvgIpc) is 2.77. The van der Waals surface area contributed by atoms with Crippen molar-refractivity contribution in [3.63, 3.8) is 0 Å². The van der Waals surface area contributed by atoms with Gasteiger partial charge in [-0.05, 0) is 36.4 Å². The molecule has 0 amide bonds. The van der Waals surface area contributed by atoms with E-state index in [1.807, 2.05) is 12.1 Å². The summed E-state index contributed by atoms with van der Waals surface area (Å²) in [6.45, 7) is 0. The molecule has 0 unspecified atom stereocenters. The van der Waals surface area contributed by atoms with Gasteiger partial charge in [-0.1, -0.05) is 22.0 Å². The number of aromatic nitrogens is 2. The first-order valence-corrected chi connectivity index (χ1v) is 6.53. The van der Waals surface area contributed by atoms with Gasteiger partial charge in [-0.25, -0.2) is 13.9 Å². The minimum Gasteiger partial charge on any atom is -0.476 e. The fraction of sp³-hybridized carbons (Fsp3) is 0. The number of halogens is 2. The summed E-state index contributed by atoms with van der Waals surface area (Å²) in [6.07, 6.45) is 0. The largest absolute Gasteiger partial charge is 0.476 e. The van der Waals surface area contributed by atoms with E-state index in [9.17, 15) is 14.3 Å². The second kappa shape index (κ2) is 4.72. The molecule has 0 saturated heterocycles. The molecule has 0 atom stereocenters. The van der Waals surface area contributed by atoms with E-state index in [1.165, 1.54) is 22.9 Å². The Kier molecular flexibility index (Phi) is 3.02. The SMILES string of the molecule is O=C(O)c1nn(-c2cccc(Br)c2)c2ccc(F)cc12. The maximum Gasteiger partial charge on any atom is 0.357 e. The van der Waals surface area contributed by atoms with Crippen molar-refractivity contribution in [2.75, 3.05) is 0 Å². The zero-order valence-electron chi connectivity index (χ0n) is 10.0. The van der Waals surface area contributed by atoms with Gasteiger partial charge < -0.3 is 5.11 Å². The molecule has 0 aliphatic carbocycles. The average molecular weight is 335 g/mol. The van der Waals surface area contributed by atoms with E-state index < -0.39 is 11.8 Å². The van der Waals surface area contributed by atoms with Crippen molar-refractivity contribution in [3.05, 3.63) is 58.4 Å². The van der Waals surface area contributed by atoms with Gasteiger partial charge in [0.05, 0.1) is 11.2 Å². The summed E-state index contributed by atoms with van der Waals surface area (Å²) in [5, 5.41) is 13.5. The van der Waals surface area contributed by atoms with Gasteiger partial charge in [-0.2, -0.15) is 5.10 Å². The maximum atomic E-state index is 13.3. The van der Waals surface area contributed by atoms with Gasteiger partial charge in [0.15, 0.2) is 5.69 Å². The molecule has 0 aliphatic rings. The molecule has 0 aliphatic heterocycles. The molecule has 4 nitrogen and oxygen atoms in total. The molecule has 20 heavy (non-hydrogen) atoms. The van der Waals surface area contributed by atoms with E-state index in [-0.39, 0.29) is 11.1 Å². The van der Waals surface area contributed by atoms with Crippen LogP contribution in [0.3, 0.4) is 0 Å². The third-order valence-corrected chi connectivity index (χ3v) is 3.39. The minimum absolute atomic E-state index is 0.167. The Balaban J connectivity index is 2.34. The topological polar surface area (TPSA) is 55.1 Å². The number of rotatable bonds is 2. The van der Waals surface area contributed by atoms with Gasteiger partial charge >= 0.3 is 5.97 Å². The molecule has 0 fully saturated rings. The number of hydrogen-bond acceptors (Lipinski definition) is 2. The lowest BCUT2D eigenvalue weighted by molar-refractivity contribution is 0.0692. The number of hydrogen-bond donors (Lipinski definition) is 1. The highest BCUT2D eigenvalue weighted by atomic mass is 79.9. The van der Waals surface area contributed by atoms with Crippen molar-refractivity contribution in [2.45, 2.75) is 0 Å². The molecular formula is C14H8BrFN2O2. The molecule has 1 N–H and O–H groups in total. The van der Waals surface area contributed by atoms with Crippen LogP contribution in [0.15, 0.2) is 46.9 Å². The summed E-state index contributed by atoms with van der Waals surface area (Å²) in [4.78, 5) is 11.2. The Morgan fingerprint density at radius 1 is 1.25 bits per heavy atom. The summed E-state index contributed by atoms with van der Waals surface area (Å²) in [5.74, 6) is -1.68. The smallest absolute Gasteiger partial charge is 0.357 e. The molecule has 3 rings (SSSR count).